The summed E-state index contributed by atoms with van der Waals surface area (Å²) in [5, 5.41) is 17.0. The van der Waals surface area contributed by atoms with Crippen LogP contribution >= 0.6 is 0 Å². The van der Waals surface area contributed by atoms with E-state index in [0.717, 1.165) is 6.42 Å². The van der Waals surface area contributed by atoms with Gasteiger partial charge in [0.2, 0.25) is 11.8 Å². The fraction of sp³-hybridized carbons (Fsp3) is 0.667. The van der Waals surface area contributed by atoms with Crippen molar-refractivity contribution in [3.8, 4) is 0 Å². The van der Waals surface area contributed by atoms with E-state index < -0.39 is 4.92 Å². The molecular weight excluding hydrogens is 262 g/mol. The van der Waals surface area contributed by atoms with Crippen LogP contribution in [0.4, 0.5) is 17.5 Å². The van der Waals surface area contributed by atoms with E-state index in [1.807, 2.05) is 0 Å². The summed E-state index contributed by atoms with van der Waals surface area (Å²) in [5.74, 6) is 1.20. The second-order valence-corrected chi connectivity index (χ2v) is 5.15. The van der Waals surface area contributed by atoms with Gasteiger partial charge in [0.15, 0.2) is 0 Å². The molecule has 20 heavy (non-hydrogen) atoms. The van der Waals surface area contributed by atoms with Gasteiger partial charge in [-0.2, -0.15) is 4.98 Å². The van der Waals surface area contributed by atoms with Crippen molar-refractivity contribution < 1.29 is 9.66 Å². The number of hydrogen-bond acceptors (Lipinski definition) is 7. The van der Waals surface area contributed by atoms with E-state index in [4.69, 9.17) is 4.74 Å². The Morgan fingerprint density at radius 3 is 2.90 bits per heavy atom. The number of nitrogens with one attached hydrogen (secondary N) is 2. The Bertz CT molecular complexity index is 520. The van der Waals surface area contributed by atoms with Crippen LogP contribution in [0, 0.1) is 16.0 Å². The Hall–Kier alpha value is -1.96. The average molecular weight is 279 g/mol. The lowest BCUT2D eigenvalue weighted by Gasteiger charge is -2.19. The Kier molecular flexibility index (Phi) is 3.39. The molecule has 1 aliphatic heterocycles. The highest BCUT2D eigenvalue weighted by atomic mass is 16.6. The highest BCUT2D eigenvalue weighted by Gasteiger charge is 2.41. The highest BCUT2D eigenvalue weighted by molar-refractivity contribution is 5.57. The van der Waals surface area contributed by atoms with Crippen molar-refractivity contribution in [2.24, 2.45) is 5.92 Å². The molecule has 0 bridgehead atoms. The van der Waals surface area contributed by atoms with E-state index in [9.17, 15) is 10.1 Å². The van der Waals surface area contributed by atoms with Crippen LogP contribution in [0.5, 0.6) is 0 Å². The minimum Gasteiger partial charge on any atom is -0.376 e. The maximum Gasteiger partial charge on any atom is 0.329 e. The van der Waals surface area contributed by atoms with Gasteiger partial charge < -0.3 is 15.4 Å². The fourth-order valence-electron chi connectivity index (χ4n) is 2.57. The first-order chi connectivity index (χ1) is 9.69. The first-order valence-corrected chi connectivity index (χ1v) is 6.76. The second-order valence-electron chi connectivity index (χ2n) is 5.15. The molecule has 0 spiro atoms. The smallest absolute Gasteiger partial charge is 0.329 e. The molecule has 2 aliphatic rings. The predicted octanol–water partition coefficient (Wildman–Crippen LogP) is 1.41. The molecule has 8 heteroatoms. The van der Waals surface area contributed by atoms with Crippen molar-refractivity contribution in [2.45, 2.75) is 31.4 Å². The third kappa shape index (κ3) is 2.51. The second kappa shape index (κ2) is 5.20. The number of aromatic nitrogens is 2. The zero-order valence-corrected chi connectivity index (χ0v) is 11.2. The molecule has 1 aliphatic carbocycles. The van der Waals surface area contributed by atoms with E-state index in [1.54, 1.807) is 7.05 Å². The third-order valence-electron chi connectivity index (χ3n) is 3.73. The number of nitrogens with zero attached hydrogens (tertiary/aromatic N) is 3. The zero-order valence-electron chi connectivity index (χ0n) is 11.2. The van der Waals surface area contributed by atoms with Gasteiger partial charge in [-0.25, -0.2) is 4.98 Å². The molecule has 1 saturated carbocycles. The van der Waals surface area contributed by atoms with Crippen molar-refractivity contribution in [2.75, 3.05) is 24.3 Å². The van der Waals surface area contributed by atoms with E-state index in [2.05, 4.69) is 20.6 Å². The first kappa shape index (κ1) is 13.0. The van der Waals surface area contributed by atoms with Gasteiger partial charge in [0.05, 0.1) is 17.1 Å². The van der Waals surface area contributed by atoms with Gasteiger partial charge in [0, 0.05) is 13.7 Å². The molecule has 2 unspecified atom stereocenters. The quantitative estimate of drug-likeness (QED) is 0.620. The Morgan fingerprint density at radius 1 is 1.45 bits per heavy atom. The third-order valence-corrected chi connectivity index (χ3v) is 3.73. The van der Waals surface area contributed by atoms with E-state index in [1.165, 1.54) is 19.0 Å². The van der Waals surface area contributed by atoms with Gasteiger partial charge in [-0.05, 0) is 25.2 Å². The molecule has 1 saturated heterocycles. The molecule has 0 aromatic carbocycles. The summed E-state index contributed by atoms with van der Waals surface area (Å²) in [6.45, 7) is 0.691. The number of nitro groups is 1. The van der Waals surface area contributed by atoms with Crippen molar-refractivity contribution in [3.63, 3.8) is 0 Å². The summed E-state index contributed by atoms with van der Waals surface area (Å²) >= 11 is 0. The lowest BCUT2D eigenvalue weighted by Crippen LogP contribution is -2.31. The molecule has 108 valence electrons. The maximum atomic E-state index is 11.1. The molecular formula is C12H17N5O3. The van der Waals surface area contributed by atoms with Crippen LogP contribution < -0.4 is 10.6 Å². The van der Waals surface area contributed by atoms with Crippen LogP contribution in [0.3, 0.4) is 0 Å². The SMILES string of the molecule is CNc1ncc([N+](=O)[O-])c(NC2CCOC2C2CC2)n1. The summed E-state index contributed by atoms with van der Waals surface area (Å²) in [7, 11) is 1.68. The Morgan fingerprint density at radius 2 is 2.25 bits per heavy atom. The molecule has 0 radical (unpaired) electrons. The van der Waals surface area contributed by atoms with Crippen LogP contribution in [-0.2, 0) is 4.74 Å². The van der Waals surface area contributed by atoms with Gasteiger partial charge in [-0.15, -0.1) is 0 Å². The van der Waals surface area contributed by atoms with Crippen molar-refractivity contribution in [1.82, 2.24) is 9.97 Å². The largest absolute Gasteiger partial charge is 0.376 e. The van der Waals surface area contributed by atoms with Crippen LogP contribution in [0.2, 0.25) is 0 Å². The van der Waals surface area contributed by atoms with Crippen molar-refractivity contribution >= 4 is 17.5 Å². The van der Waals surface area contributed by atoms with Crippen LogP contribution in [0.1, 0.15) is 19.3 Å². The van der Waals surface area contributed by atoms with E-state index in [0.29, 0.717) is 18.5 Å². The van der Waals surface area contributed by atoms with Crippen LogP contribution in [0.25, 0.3) is 0 Å². The molecule has 1 aromatic heterocycles. The summed E-state index contributed by atoms with van der Waals surface area (Å²) < 4.78 is 5.73. The average Bonchev–Trinajstić information content (AvgIpc) is 3.19. The predicted molar refractivity (Wildman–Crippen MR) is 72.7 cm³/mol. The monoisotopic (exact) mass is 279 g/mol. The molecule has 2 fully saturated rings. The van der Waals surface area contributed by atoms with Gasteiger partial charge in [0.1, 0.15) is 6.20 Å². The zero-order chi connectivity index (χ0) is 14.1. The fourth-order valence-corrected chi connectivity index (χ4v) is 2.57. The standard InChI is InChI=1S/C12H17N5O3/c1-13-12-14-6-9(17(18)19)11(16-12)15-8-4-5-20-10(8)7-2-3-7/h6-8,10H,2-5H2,1H3,(H2,13,14,15,16). The minimum absolute atomic E-state index is 0.0841. The molecule has 0 amide bonds. The van der Waals surface area contributed by atoms with Gasteiger partial charge >= 0.3 is 5.69 Å². The Balaban J connectivity index is 1.82. The molecule has 3 rings (SSSR count). The highest BCUT2D eigenvalue weighted by Crippen LogP contribution is 2.40. The topological polar surface area (TPSA) is 102 Å². The van der Waals surface area contributed by atoms with Crippen molar-refractivity contribution in [1.29, 1.82) is 0 Å². The summed E-state index contributed by atoms with van der Waals surface area (Å²) in [6, 6.07) is 0.0841. The lowest BCUT2D eigenvalue weighted by molar-refractivity contribution is -0.384. The normalized spacial score (nSPS) is 25.4. The maximum absolute atomic E-state index is 11.1. The summed E-state index contributed by atoms with van der Waals surface area (Å²) in [6.07, 6.45) is 4.57. The molecule has 2 atom stereocenters. The molecule has 2 heterocycles. The van der Waals surface area contributed by atoms with Crippen molar-refractivity contribution in [3.05, 3.63) is 16.3 Å². The van der Waals surface area contributed by atoms with E-state index >= 15 is 0 Å². The van der Waals surface area contributed by atoms with Gasteiger partial charge in [0.25, 0.3) is 0 Å². The molecule has 2 N–H and O–H groups in total. The van der Waals surface area contributed by atoms with Crippen LogP contribution in [-0.4, -0.2) is 40.7 Å². The number of hydrogen-bond donors (Lipinski definition) is 2. The summed E-state index contributed by atoms with van der Waals surface area (Å²) in [5.41, 5.74) is -0.106. The Labute approximate surface area is 116 Å². The molecule has 1 aromatic rings. The first-order valence-electron chi connectivity index (χ1n) is 6.76. The van der Waals surface area contributed by atoms with E-state index in [-0.39, 0.29) is 23.7 Å². The number of rotatable bonds is 5. The molecule has 8 nitrogen and oxygen atoms in total. The van der Waals surface area contributed by atoms with Crippen LogP contribution in [0.15, 0.2) is 6.20 Å². The lowest BCUT2D eigenvalue weighted by atomic mass is 10.1. The van der Waals surface area contributed by atoms with Gasteiger partial charge in [-0.3, -0.25) is 10.1 Å². The summed E-state index contributed by atoms with van der Waals surface area (Å²) in [4.78, 5) is 18.6. The van der Waals surface area contributed by atoms with Gasteiger partial charge in [-0.1, -0.05) is 0 Å². The minimum atomic E-state index is -0.469. The number of ether oxygens (including phenoxy) is 1. The number of anilines is 2.